The first-order valence-electron chi connectivity index (χ1n) is 9.86. The van der Waals surface area contributed by atoms with E-state index in [9.17, 15) is 27.6 Å². The fourth-order valence-corrected chi connectivity index (χ4v) is 3.34. The van der Waals surface area contributed by atoms with Crippen LogP contribution in [0.25, 0.3) is 0 Å². The van der Waals surface area contributed by atoms with Crippen LogP contribution >= 0.6 is 0 Å². The lowest BCUT2D eigenvalue weighted by molar-refractivity contribution is -0.138. The molecule has 0 saturated carbocycles. The van der Waals surface area contributed by atoms with Crippen LogP contribution in [0, 0.1) is 0 Å². The van der Waals surface area contributed by atoms with Gasteiger partial charge in [-0.1, -0.05) is 32.6 Å². The quantitative estimate of drug-likeness (QED) is 0.223. The van der Waals surface area contributed by atoms with Crippen LogP contribution < -0.4 is 20.7 Å². The Hall–Kier alpha value is -2.99. The summed E-state index contributed by atoms with van der Waals surface area (Å²) in [5, 5.41) is 15.5. The molecule has 0 radical (unpaired) electrons. The third-order valence-corrected chi connectivity index (χ3v) is 5.37. The maximum absolute atomic E-state index is 12.2. The Morgan fingerprint density at radius 1 is 0.806 bits per heavy atom. The van der Waals surface area contributed by atoms with E-state index in [1.165, 1.54) is 12.1 Å². The number of carbonyl (C=O) groups excluding carboxylic acids is 4. The first-order valence-corrected chi connectivity index (χ1v) is 11.3. The predicted octanol–water partition coefficient (Wildman–Crippen LogP) is -0.375. The molecule has 0 spiro atoms. The van der Waals surface area contributed by atoms with Gasteiger partial charge in [-0.3, -0.25) is 19.2 Å². The normalized spacial score (nSPS) is 10.8. The van der Waals surface area contributed by atoms with Crippen molar-refractivity contribution < 1.29 is 32.7 Å². The number of sulfonamides is 1. The van der Waals surface area contributed by atoms with Crippen LogP contribution in [0.2, 0.25) is 0 Å². The van der Waals surface area contributed by atoms with Gasteiger partial charge in [0.25, 0.3) is 10.0 Å². The summed E-state index contributed by atoms with van der Waals surface area (Å²) in [6.45, 7) is 1.88. The molecule has 5 N–H and O–H groups in total. The molecule has 0 unspecified atom stereocenters. The Morgan fingerprint density at radius 3 is 2.00 bits per heavy atom. The average Bonchev–Trinajstić information content (AvgIpc) is 2.74. The largest absolute Gasteiger partial charge is 0.395 e. The minimum absolute atomic E-state index is 0.175. The second kappa shape index (κ2) is 13.3. The summed E-state index contributed by atoms with van der Waals surface area (Å²) in [6, 6.07) is 4.67. The van der Waals surface area contributed by atoms with Crippen LogP contribution in [0.15, 0.2) is 29.2 Å². The van der Waals surface area contributed by atoms with E-state index in [4.69, 9.17) is 5.11 Å². The first-order chi connectivity index (χ1) is 14.7. The van der Waals surface area contributed by atoms with Gasteiger partial charge >= 0.3 is 23.6 Å². The molecule has 0 bridgehead atoms. The van der Waals surface area contributed by atoms with Crippen LogP contribution in [0.5, 0.6) is 0 Å². The zero-order valence-corrected chi connectivity index (χ0v) is 18.1. The van der Waals surface area contributed by atoms with E-state index >= 15 is 0 Å². The van der Waals surface area contributed by atoms with Crippen LogP contribution in [0.1, 0.15) is 39.0 Å². The van der Waals surface area contributed by atoms with Crippen molar-refractivity contribution in [2.75, 3.05) is 25.0 Å². The van der Waals surface area contributed by atoms with E-state index in [2.05, 4.69) is 17.6 Å². The number of unbranched alkanes of at least 4 members (excludes halogenated alkanes) is 4. The summed E-state index contributed by atoms with van der Waals surface area (Å²) in [7, 11) is -4.33. The Kier molecular flexibility index (Phi) is 11.2. The number of hydrogen-bond donors (Lipinski definition) is 5. The summed E-state index contributed by atoms with van der Waals surface area (Å²) in [5.41, 5.74) is 0.175. The van der Waals surface area contributed by atoms with Crippen LogP contribution in [0.4, 0.5) is 5.69 Å². The van der Waals surface area contributed by atoms with Gasteiger partial charge in [0.1, 0.15) is 0 Å². The van der Waals surface area contributed by atoms with Crippen molar-refractivity contribution in [1.82, 2.24) is 15.4 Å². The summed E-state index contributed by atoms with van der Waals surface area (Å²) in [6.07, 6.45) is 5.05. The number of nitrogens with one attached hydrogen (secondary N) is 4. The van der Waals surface area contributed by atoms with Crippen molar-refractivity contribution in [2.45, 2.75) is 43.9 Å². The number of hydrogen-bond acceptors (Lipinski definition) is 7. The number of benzene rings is 1. The molecule has 0 atom stereocenters. The minimum atomic E-state index is -4.33. The molecule has 0 heterocycles. The number of aliphatic hydroxyl groups is 1. The second-order valence-electron chi connectivity index (χ2n) is 6.56. The maximum atomic E-state index is 12.2. The van der Waals surface area contributed by atoms with E-state index in [0.717, 1.165) is 44.2 Å². The lowest BCUT2D eigenvalue weighted by atomic mass is 10.1. The topological polar surface area (TPSA) is 171 Å². The van der Waals surface area contributed by atoms with Crippen molar-refractivity contribution in [1.29, 1.82) is 0 Å². The zero-order chi connectivity index (χ0) is 23.3. The van der Waals surface area contributed by atoms with Crippen LogP contribution in [-0.2, 0) is 29.2 Å². The molecule has 1 aromatic rings. The predicted molar refractivity (Wildman–Crippen MR) is 112 cm³/mol. The summed E-state index contributed by atoms with van der Waals surface area (Å²) < 4.78 is 25.9. The maximum Gasteiger partial charge on any atom is 0.322 e. The minimum Gasteiger partial charge on any atom is -0.395 e. The van der Waals surface area contributed by atoms with Gasteiger partial charge in [0.2, 0.25) is 0 Å². The Morgan fingerprint density at radius 2 is 1.39 bits per heavy atom. The molecule has 172 valence electrons. The molecular formula is C19H28N4O7S. The van der Waals surface area contributed by atoms with Gasteiger partial charge in [0, 0.05) is 18.8 Å². The second-order valence-corrected chi connectivity index (χ2v) is 8.25. The SMILES string of the molecule is CCCCCCCNC(=O)C(=O)Nc1ccc(S(=O)(=O)NC(=O)C(=O)NCCO)cc1. The monoisotopic (exact) mass is 456 g/mol. The Labute approximate surface area is 181 Å². The van der Waals surface area contributed by atoms with Gasteiger partial charge in [-0.15, -0.1) is 0 Å². The molecular weight excluding hydrogens is 428 g/mol. The van der Waals surface area contributed by atoms with Crippen molar-refractivity contribution in [3.8, 4) is 0 Å². The van der Waals surface area contributed by atoms with E-state index in [1.807, 2.05) is 5.32 Å². The van der Waals surface area contributed by atoms with E-state index in [0.29, 0.717) is 6.54 Å². The van der Waals surface area contributed by atoms with Gasteiger partial charge in [0.05, 0.1) is 11.5 Å². The summed E-state index contributed by atoms with van der Waals surface area (Å²) >= 11 is 0. The molecule has 0 fully saturated rings. The molecule has 0 saturated heterocycles. The molecule has 1 rings (SSSR count). The average molecular weight is 457 g/mol. The van der Waals surface area contributed by atoms with Crippen molar-refractivity contribution in [2.24, 2.45) is 0 Å². The highest BCUT2D eigenvalue weighted by molar-refractivity contribution is 7.90. The molecule has 4 amide bonds. The lowest BCUT2D eigenvalue weighted by Gasteiger charge is -2.09. The van der Waals surface area contributed by atoms with E-state index in [-0.39, 0.29) is 17.1 Å². The number of anilines is 1. The highest BCUT2D eigenvalue weighted by Crippen LogP contribution is 2.14. The molecule has 0 aliphatic heterocycles. The van der Waals surface area contributed by atoms with E-state index < -0.39 is 40.3 Å². The zero-order valence-electron chi connectivity index (χ0n) is 17.3. The smallest absolute Gasteiger partial charge is 0.322 e. The number of rotatable bonds is 11. The summed E-state index contributed by atoms with van der Waals surface area (Å²) in [4.78, 5) is 46.4. The fourth-order valence-electron chi connectivity index (χ4n) is 2.39. The summed E-state index contributed by atoms with van der Waals surface area (Å²) in [5.74, 6) is -4.30. The third kappa shape index (κ3) is 9.57. The molecule has 0 aliphatic carbocycles. The molecule has 12 heteroatoms. The van der Waals surface area contributed by atoms with Crippen LogP contribution in [0.3, 0.4) is 0 Å². The van der Waals surface area contributed by atoms with Gasteiger partial charge in [-0.25, -0.2) is 13.1 Å². The van der Waals surface area contributed by atoms with Gasteiger partial charge in [-0.2, -0.15) is 0 Å². The number of aliphatic hydroxyl groups excluding tert-OH is 1. The van der Waals surface area contributed by atoms with Crippen molar-refractivity contribution >= 4 is 39.3 Å². The van der Waals surface area contributed by atoms with Gasteiger partial charge in [0.15, 0.2) is 0 Å². The number of carbonyl (C=O) groups is 4. The Bertz CT molecular complexity index is 870. The highest BCUT2D eigenvalue weighted by atomic mass is 32.2. The molecule has 1 aromatic carbocycles. The molecule has 0 aliphatic rings. The molecule has 31 heavy (non-hydrogen) atoms. The fraction of sp³-hybridized carbons (Fsp3) is 0.474. The standard InChI is InChI=1S/C19H28N4O7S/c1-2-3-4-5-6-11-20-16(25)18(27)22-14-7-9-15(10-8-14)31(29,30)23-19(28)17(26)21-12-13-24/h7-10,24H,2-6,11-13H2,1H3,(H,20,25)(H,21,26)(H,22,27)(H,23,28). The van der Waals surface area contributed by atoms with E-state index in [1.54, 1.807) is 4.72 Å². The first kappa shape index (κ1) is 26.0. The van der Waals surface area contributed by atoms with Crippen molar-refractivity contribution in [3.05, 3.63) is 24.3 Å². The number of amides is 4. The van der Waals surface area contributed by atoms with Gasteiger partial charge in [-0.05, 0) is 30.7 Å². The highest BCUT2D eigenvalue weighted by Gasteiger charge is 2.22. The third-order valence-electron chi connectivity index (χ3n) is 4.03. The van der Waals surface area contributed by atoms with Crippen molar-refractivity contribution in [3.63, 3.8) is 0 Å². The Balaban J connectivity index is 2.56. The molecule has 11 nitrogen and oxygen atoms in total. The van der Waals surface area contributed by atoms with Crippen LogP contribution in [-0.4, -0.2) is 56.8 Å². The van der Waals surface area contributed by atoms with Gasteiger partial charge < -0.3 is 21.1 Å². The lowest BCUT2D eigenvalue weighted by Crippen LogP contribution is -2.43. The molecule has 0 aromatic heterocycles.